The van der Waals surface area contributed by atoms with E-state index in [9.17, 15) is 9.90 Å². The summed E-state index contributed by atoms with van der Waals surface area (Å²) in [6.45, 7) is 0. The minimum absolute atomic E-state index is 0.538. The molecular weight excluding hydrogens is 252 g/mol. The second-order valence-corrected chi connectivity index (χ2v) is 6.18. The predicted molar refractivity (Wildman–Crippen MR) is 77.4 cm³/mol. The number of rotatable bonds is 4. The van der Waals surface area contributed by atoms with Gasteiger partial charge in [0.1, 0.15) is 5.75 Å². The van der Waals surface area contributed by atoms with Gasteiger partial charge in [0.15, 0.2) is 0 Å². The largest absolute Gasteiger partial charge is 0.496 e. The van der Waals surface area contributed by atoms with Gasteiger partial charge >= 0.3 is 5.97 Å². The van der Waals surface area contributed by atoms with Crippen LogP contribution >= 0.6 is 0 Å². The lowest BCUT2D eigenvalue weighted by molar-refractivity contribution is -0.147. The monoisotopic (exact) mass is 274 g/mol. The summed E-state index contributed by atoms with van der Waals surface area (Å²) in [5.41, 5.74) is 1.55. The number of carboxylic acids is 1. The molecule has 20 heavy (non-hydrogen) atoms. The highest BCUT2D eigenvalue weighted by Crippen LogP contribution is 2.47. The minimum Gasteiger partial charge on any atom is -0.496 e. The number of carbonyl (C=O) groups is 1. The molecule has 0 radical (unpaired) electrons. The van der Waals surface area contributed by atoms with Gasteiger partial charge in [-0.05, 0) is 48.8 Å². The summed E-state index contributed by atoms with van der Waals surface area (Å²) in [5.74, 6) is 0.780. The first-order chi connectivity index (χ1) is 9.67. The first-order valence-corrected chi connectivity index (χ1v) is 7.59. The molecule has 108 valence electrons. The average Bonchev–Trinajstić information content (AvgIpc) is 2.90. The SMILES string of the molecule is COc1ccc(C2(C(=O)O)CCC2)cc1C1CCCC1. The van der Waals surface area contributed by atoms with E-state index in [0.717, 1.165) is 30.6 Å². The molecule has 1 aromatic rings. The van der Waals surface area contributed by atoms with Crippen LogP contribution in [0.4, 0.5) is 0 Å². The van der Waals surface area contributed by atoms with E-state index in [2.05, 4.69) is 6.07 Å². The Hall–Kier alpha value is -1.51. The fourth-order valence-electron chi connectivity index (χ4n) is 3.74. The maximum Gasteiger partial charge on any atom is 0.314 e. The maximum atomic E-state index is 11.7. The molecule has 2 saturated carbocycles. The predicted octanol–water partition coefficient (Wildman–Crippen LogP) is 3.86. The Bertz CT molecular complexity index is 511. The fraction of sp³-hybridized carbons (Fsp3) is 0.588. The third-order valence-corrected chi connectivity index (χ3v) is 5.19. The second kappa shape index (κ2) is 5.12. The summed E-state index contributed by atoms with van der Waals surface area (Å²) in [6, 6.07) is 6.03. The van der Waals surface area contributed by atoms with Crippen molar-refractivity contribution < 1.29 is 14.6 Å². The van der Waals surface area contributed by atoms with Gasteiger partial charge < -0.3 is 9.84 Å². The molecule has 0 aromatic heterocycles. The lowest BCUT2D eigenvalue weighted by Gasteiger charge is -2.38. The zero-order valence-electron chi connectivity index (χ0n) is 12.0. The zero-order chi connectivity index (χ0) is 14.2. The van der Waals surface area contributed by atoms with Crippen molar-refractivity contribution in [1.82, 2.24) is 0 Å². The molecular formula is C17H22O3. The van der Waals surface area contributed by atoms with E-state index in [0.29, 0.717) is 5.92 Å². The molecule has 0 aliphatic heterocycles. The van der Waals surface area contributed by atoms with Gasteiger partial charge in [-0.25, -0.2) is 0 Å². The molecule has 1 N–H and O–H groups in total. The average molecular weight is 274 g/mol. The lowest BCUT2D eigenvalue weighted by atomic mass is 9.64. The van der Waals surface area contributed by atoms with Gasteiger partial charge in [0.25, 0.3) is 0 Å². The normalized spacial score (nSPS) is 21.4. The first-order valence-electron chi connectivity index (χ1n) is 7.59. The Morgan fingerprint density at radius 2 is 1.95 bits per heavy atom. The highest BCUT2D eigenvalue weighted by atomic mass is 16.5. The Morgan fingerprint density at radius 3 is 2.45 bits per heavy atom. The Morgan fingerprint density at radius 1 is 1.25 bits per heavy atom. The fourth-order valence-corrected chi connectivity index (χ4v) is 3.74. The first kappa shape index (κ1) is 13.5. The van der Waals surface area contributed by atoms with Crippen molar-refractivity contribution in [3.63, 3.8) is 0 Å². The topological polar surface area (TPSA) is 46.5 Å². The van der Waals surface area contributed by atoms with E-state index in [1.807, 2.05) is 12.1 Å². The number of hydrogen-bond acceptors (Lipinski definition) is 2. The smallest absolute Gasteiger partial charge is 0.314 e. The molecule has 0 unspecified atom stereocenters. The third kappa shape index (κ3) is 2.00. The molecule has 3 nitrogen and oxygen atoms in total. The van der Waals surface area contributed by atoms with Gasteiger partial charge in [0.2, 0.25) is 0 Å². The second-order valence-electron chi connectivity index (χ2n) is 6.18. The molecule has 1 aromatic carbocycles. The van der Waals surface area contributed by atoms with Crippen molar-refractivity contribution in [2.75, 3.05) is 7.11 Å². The highest BCUT2D eigenvalue weighted by molar-refractivity contribution is 5.82. The van der Waals surface area contributed by atoms with Crippen molar-refractivity contribution >= 4 is 5.97 Å². The number of ether oxygens (including phenoxy) is 1. The van der Waals surface area contributed by atoms with Crippen molar-refractivity contribution in [3.05, 3.63) is 29.3 Å². The third-order valence-electron chi connectivity index (χ3n) is 5.19. The van der Waals surface area contributed by atoms with Crippen molar-refractivity contribution in [1.29, 1.82) is 0 Å². The molecule has 2 aliphatic rings. The number of hydrogen-bond donors (Lipinski definition) is 1. The van der Waals surface area contributed by atoms with E-state index >= 15 is 0 Å². The van der Waals surface area contributed by atoms with E-state index in [-0.39, 0.29) is 0 Å². The molecule has 0 heterocycles. The van der Waals surface area contributed by atoms with Gasteiger partial charge in [-0.15, -0.1) is 0 Å². The molecule has 0 atom stereocenters. The van der Waals surface area contributed by atoms with E-state index in [1.54, 1.807) is 7.11 Å². The van der Waals surface area contributed by atoms with Crippen molar-refractivity contribution in [3.8, 4) is 5.75 Å². The Kier molecular flexibility index (Phi) is 3.45. The van der Waals surface area contributed by atoms with Gasteiger partial charge in [-0.3, -0.25) is 4.79 Å². The van der Waals surface area contributed by atoms with Gasteiger partial charge in [-0.2, -0.15) is 0 Å². The standard InChI is InChI=1S/C17H22O3/c1-20-15-8-7-13(17(16(18)19)9-4-10-17)11-14(15)12-5-2-3-6-12/h7-8,11-12H,2-6,9-10H2,1H3,(H,18,19). The van der Waals surface area contributed by atoms with E-state index in [1.165, 1.54) is 31.2 Å². The van der Waals surface area contributed by atoms with Crippen LogP contribution in [-0.2, 0) is 10.2 Å². The summed E-state index contributed by atoms with van der Waals surface area (Å²) in [5, 5.41) is 9.59. The number of aliphatic carboxylic acids is 1. The van der Waals surface area contributed by atoms with Crippen LogP contribution in [0.3, 0.4) is 0 Å². The summed E-state index contributed by atoms with van der Waals surface area (Å²) < 4.78 is 5.49. The van der Waals surface area contributed by atoms with Crippen molar-refractivity contribution in [2.45, 2.75) is 56.3 Å². The van der Waals surface area contributed by atoms with Crippen LogP contribution in [0.15, 0.2) is 18.2 Å². The van der Waals surface area contributed by atoms with Gasteiger partial charge in [0.05, 0.1) is 12.5 Å². The van der Waals surface area contributed by atoms with E-state index in [4.69, 9.17) is 4.74 Å². The number of methoxy groups -OCH3 is 1. The Balaban J connectivity index is 2.00. The number of carboxylic acid groups (broad SMARTS) is 1. The van der Waals surface area contributed by atoms with Crippen LogP contribution < -0.4 is 4.74 Å². The van der Waals surface area contributed by atoms with Gasteiger partial charge in [0, 0.05) is 0 Å². The van der Waals surface area contributed by atoms with Crippen LogP contribution in [0.1, 0.15) is 62.0 Å². The zero-order valence-corrected chi connectivity index (χ0v) is 12.0. The van der Waals surface area contributed by atoms with Crippen LogP contribution in [0.5, 0.6) is 5.75 Å². The van der Waals surface area contributed by atoms with Crippen LogP contribution in [0.2, 0.25) is 0 Å². The van der Waals surface area contributed by atoms with Crippen LogP contribution in [0, 0.1) is 0 Å². The van der Waals surface area contributed by atoms with Gasteiger partial charge in [-0.1, -0.05) is 31.4 Å². The molecule has 0 amide bonds. The molecule has 0 bridgehead atoms. The minimum atomic E-state index is -0.675. The number of benzene rings is 1. The lowest BCUT2D eigenvalue weighted by Crippen LogP contribution is -2.42. The molecule has 3 heteroatoms. The summed E-state index contributed by atoms with van der Waals surface area (Å²) in [6.07, 6.45) is 7.46. The Labute approximate surface area is 120 Å². The summed E-state index contributed by atoms with van der Waals surface area (Å²) >= 11 is 0. The van der Waals surface area contributed by atoms with Crippen LogP contribution in [0.25, 0.3) is 0 Å². The highest BCUT2D eigenvalue weighted by Gasteiger charge is 2.46. The quantitative estimate of drug-likeness (QED) is 0.907. The van der Waals surface area contributed by atoms with Crippen molar-refractivity contribution in [2.24, 2.45) is 0 Å². The molecule has 2 fully saturated rings. The summed E-state index contributed by atoms with van der Waals surface area (Å²) in [7, 11) is 1.70. The molecule has 0 spiro atoms. The molecule has 2 aliphatic carbocycles. The summed E-state index contributed by atoms with van der Waals surface area (Å²) in [4.78, 5) is 11.7. The maximum absolute atomic E-state index is 11.7. The molecule has 0 saturated heterocycles. The molecule has 3 rings (SSSR count). The van der Waals surface area contributed by atoms with E-state index < -0.39 is 11.4 Å². The van der Waals surface area contributed by atoms with Crippen LogP contribution in [-0.4, -0.2) is 18.2 Å².